The Morgan fingerprint density at radius 2 is 1.83 bits per heavy atom. The third-order valence-electron chi connectivity index (χ3n) is 6.33. The Hall–Kier alpha value is -2.46. The minimum atomic E-state index is 0.212. The van der Waals surface area contributed by atoms with Crippen LogP contribution < -0.4 is 14.2 Å². The molecule has 2 atom stereocenters. The van der Waals surface area contributed by atoms with Crippen LogP contribution in [0.25, 0.3) is 5.57 Å². The lowest BCUT2D eigenvalue weighted by Crippen LogP contribution is -2.60. The van der Waals surface area contributed by atoms with Crippen LogP contribution in [0.4, 0.5) is 0 Å². The molecule has 4 nitrogen and oxygen atoms in total. The number of allylic oxidation sites excluding steroid dienone is 1. The summed E-state index contributed by atoms with van der Waals surface area (Å²) in [4.78, 5) is 2.51. The molecular formula is C26H33NO3. The summed E-state index contributed by atoms with van der Waals surface area (Å²) in [5.74, 6) is 2.60. The smallest absolute Gasteiger partial charge is 0.161 e. The van der Waals surface area contributed by atoms with Gasteiger partial charge in [-0.15, -0.1) is 0 Å². The van der Waals surface area contributed by atoms with Crippen LogP contribution in [-0.2, 0) is 6.42 Å². The molecule has 30 heavy (non-hydrogen) atoms. The standard InChI is InChI=1S/C26H33NO3/c1-5-19-15-20(13-14-22(19)18(2)3)29-24-12-8-9-23(24)27-16-21(17-27)30-26-11-7-6-10-25(26)28-4/h6-7,10-11,13-15,21,23-24H,2,5,8-9,12,16-17H2,1,3-4H3. The monoisotopic (exact) mass is 407 g/mol. The van der Waals surface area contributed by atoms with Crippen LogP contribution in [0.2, 0.25) is 0 Å². The van der Waals surface area contributed by atoms with Crippen molar-refractivity contribution in [3.05, 3.63) is 60.2 Å². The molecule has 4 heteroatoms. The van der Waals surface area contributed by atoms with E-state index in [0.29, 0.717) is 6.04 Å². The average molecular weight is 408 g/mol. The van der Waals surface area contributed by atoms with Gasteiger partial charge in [-0.3, -0.25) is 4.90 Å². The lowest BCUT2D eigenvalue weighted by atomic mass is 9.99. The summed E-state index contributed by atoms with van der Waals surface area (Å²) in [5, 5.41) is 0. The van der Waals surface area contributed by atoms with Gasteiger partial charge in [0.25, 0.3) is 0 Å². The first-order chi connectivity index (χ1) is 14.6. The molecule has 4 rings (SSSR count). The van der Waals surface area contributed by atoms with Crippen LogP contribution in [0.3, 0.4) is 0 Å². The van der Waals surface area contributed by atoms with Crippen LogP contribution in [0.1, 0.15) is 44.2 Å². The maximum Gasteiger partial charge on any atom is 0.161 e. The van der Waals surface area contributed by atoms with Gasteiger partial charge in [-0.05, 0) is 68.0 Å². The van der Waals surface area contributed by atoms with E-state index < -0.39 is 0 Å². The van der Waals surface area contributed by atoms with Crippen molar-refractivity contribution in [2.45, 2.75) is 57.8 Å². The molecule has 2 aliphatic rings. The highest BCUT2D eigenvalue weighted by Crippen LogP contribution is 2.34. The molecule has 0 radical (unpaired) electrons. The summed E-state index contributed by atoms with van der Waals surface area (Å²) in [6, 6.07) is 14.8. The van der Waals surface area contributed by atoms with E-state index in [1.807, 2.05) is 24.3 Å². The molecule has 1 aliphatic carbocycles. The van der Waals surface area contributed by atoms with Gasteiger partial charge >= 0.3 is 0 Å². The van der Waals surface area contributed by atoms with Crippen molar-refractivity contribution in [3.8, 4) is 17.2 Å². The van der Waals surface area contributed by atoms with Crippen LogP contribution in [-0.4, -0.2) is 43.3 Å². The van der Waals surface area contributed by atoms with Gasteiger partial charge in [-0.2, -0.15) is 0 Å². The van der Waals surface area contributed by atoms with Gasteiger partial charge in [0.05, 0.1) is 7.11 Å². The molecule has 160 valence electrons. The van der Waals surface area contributed by atoms with Gasteiger partial charge in [0.2, 0.25) is 0 Å². The topological polar surface area (TPSA) is 30.9 Å². The zero-order chi connectivity index (χ0) is 21.1. The second kappa shape index (κ2) is 9.13. The first-order valence-electron chi connectivity index (χ1n) is 11.1. The minimum absolute atomic E-state index is 0.212. The number of rotatable bonds is 8. The Bertz CT molecular complexity index is 888. The Kier molecular flexibility index (Phi) is 6.33. The quantitative estimate of drug-likeness (QED) is 0.590. The highest BCUT2D eigenvalue weighted by molar-refractivity contribution is 5.65. The van der Waals surface area contributed by atoms with Gasteiger partial charge < -0.3 is 14.2 Å². The van der Waals surface area contributed by atoms with Crippen molar-refractivity contribution in [3.63, 3.8) is 0 Å². The first kappa shape index (κ1) is 20.8. The zero-order valence-electron chi connectivity index (χ0n) is 18.4. The number of ether oxygens (including phenoxy) is 3. The highest BCUT2D eigenvalue weighted by Gasteiger charge is 2.41. The molecule has 0 bridgehead atoms. The normalized spacial score (nSPS) is 21.8. The number of aryl methyl sites for hydroxylation is 1. The second-order valence-electron chi connectivity index (χ2n) is 8.45. The molecule has 0 amide bonds. The molecule has 0 aromatic heterocycles. The van der Waals surface area contributed by atoms with Crippen LogP contribution in [0.15, 0.2) is 49.0 Å². The molecule has 0 N–H and O–H groups in total. The SMILES string of the molecule is C=C(C)c1ccc(OC2CCCC2N2CC(Oc3ccccc3OC)C2)cc1CC. The van der Waals surface area contributed by atoms with E-state index in [1.165, 1.54) is 24.0 Å². The van der Waals surface area contributed by atoms with E-state index in [9.17, 15) is 0 Å². The van der Waals surface area contributed by atoms with Crippen LogP contribution in [0.5, 0.6) is 17.2 Å². The van der Waals surface area contributed by atoms with E-state index in [-0.39, 0.29) is 12.2 Å². The Balaban J connectivity index is 1.35. The van der Waals surface area contributed by atoms with Crippen LogP contribution >= 0.6 is 0 Å². The Morgan fingerprint density at radius 1 is 1.07 bits per heavy atom. The molecule has 1 aliphatic heterocycles. The fourth-order valence-electron chi connectivity index (χ4n) is 4.70. The summed E-state index contributed by atoms with van der Waals surface area (Å²) in [6.45, 7) is 10.2. The van der Waals surface area contributed by atoms with Crippen LogP contribution in [0, 0.1) is 0 Å². The fraction of sp³-hybridized carbons (Fsp3) is 0.462. The summed E-state index contributed by atoms with van der Waals surface area (Å²) < 4.78 is 18.0. The van der Waals surface area contributed by atoms with Gasteiger partial charge in [0, 0.05) is 19.1 Å². The molecule has 1 saturated heterocycles. The fourth-order valence-corrected chi connectivity index (χ4v) is 4.70. The Morgan fingerprint density at radius 3 is 2.53 bits per heavy atom. The zero-order valence-corrected chi connectivity index (χ0v) is 18.4. The summed E-state index contributed by atoms with van der Waals surface area (Å²) >= 11 is 0. The summed E-state index contributed by atoms with van der Waals surface area (Å²) in [7, 11) is 1.68. The van der Waals surface area contributed by atoms with E-state index in [2.05, 4.69) is 43.5 Å². The van der Waals surface area contributed by atoms with Crippen molar-refractivity contribution in [1.29, 1.82) is 0 Å². The third-order valence-corrected chi connectivity index (χ3v) is 6.33. The molecule has 2 aromatic carbocycles. The maximum atomic E-state index is 6.48. The molecule has 0 spiro atoms. The molecule has 2 unspecified atom stereocenters. The molecule has 2 aromatic rings. The highest BCUT2D eigenvalue weighted by atomic mass is 16.5. The van der Waals surface area contributed by atoms with Crippen molar-refractivity contribution < 1.29 is 14.2 Å². The molecule has 1 heterocycles. The average Bonchev–Trinajstić information content (AvgIpc) is 3.17. The maximum absolute atomic E-state index is 6.48. The number of likely N-dealkylation sites (tertiary alicyclic amines) is 1. The number of hydrogen-bond acceptors (Lipinski definition) is 4. The first-order valence-corrected chi connectivity index (χ1v) is 11.1. The number of hydrogen-bond donors (Lipinski definition) is 0. The lowest BCUT2D eigenvalue weighted by molar-refractivity contribution is -0.0344. The van der Waals surface area contributed by atoms with Gasteiger partial charge in [-0.1, -0.05) is 37.3 Å². The molecular weight excluding hydrogens is 374 g/mol. The van der Waals surface area contributed by atoms with Crippen molar-refractivity contribution in [2.75, 3.05) is 20.2 Å². The summed E-state index contributed by atoms with van der Waals surface area (Å²) in [5.41, 5.74) is 3.66. The summed E-state index contributed by atoms with van der Waals surface area (Å²) in [6.07, 6.45) is 4.97. The Labute approximate surface area is 180 Å². The van der Waals surface area contributed by atoms with E-state index in [1.54, 1.807) is 7.11 Å². The van der Waals surface area contributed by atoms with Gasteiger partial charge in [0.15, 0.2) is 11.5 Å². The number of para-hydroxylation sites is 2. The number of nitrogens with zero attached hydrogens (tertiary/aromatic N) is 1. The van der Waals surface area contributed by atoms with E-state index >= 15 is 0 Å². The van der Waals surface area contributed by atoms with Crippen molar-refractivity contribution in [1.82, 2.24) is 4.90 Å². The van der Waals surface area contributed by atoms with Gasteiger partial charge in [-0.25, -0.2) is 0 Å². The van der Waals surface area contributed by atoms with E-state index in [4.69, 9.17) is 14.2 Å². The van der Waals surface area contributed by atoms with E-state index in [0.717, 1.165) is 48.8 Å². The second-order valence-corrected chi connectivity index (χ2v) is 8.45. The molecule has 1 saturated carbocycles. The predicted molar refractivity (Wildman–Crippen MR) is 122 cm³/mol. The lowest BCUT2D eigenvalue weighted by Gasteiger charge is -2.44. The number of benzene rings is 2. The largest absolute Gasteiger partial charge is 0.493 e. The third kappa shape index (κ3) is 4.34. The van der Waals surface area contributed by atoms with Crippen molar-refractivity contribution >= 4 is 5.57 Å². The van der Waals surface area contributed by atoms with Crippen molar-refractivity contribution in [2.24, 2.45) is 0 Å². The van der Waals surface area contributed by atoms with Gasteiger partial charge in [0.1, 0.15) is 18.0 Å². The molecule has 2 fully saturated rings. The number of methoxy groups -OCH3 is 1. The minimum Gasteiger partial charge on any atom is -0.493 e. The predicted octanol–water partition coefficient (Wildman–Crippen LogP) is 5.35.